The minimum absolute atomic E-state index is 0.0114. The summed E-state index contributed by atoms with van der Waals surface area (Å²) in [7, 11) is -3.83. The van der Waals surface area contributed by atoms with E-state index in [1.807, 2.05) is 24.3 Å². The number of rotatable bonds is 7. The van der Waals surface area contributed by atoms with Crippen LogP contribution in [0.4, 0.5) is 22.0 Å². The molecule has 1 saturated carbocycles. The molecular formula is C26H22F5N3O2S. The van der Waals surface area contributed by atoms with Crippen molar-refractivity contribution < 1.29 is 30.4 Å². The van der Waals surface area contributed by atoms with Crippen molar-refractivity contribution in [3.8, 4) is 33.9 Å². The Kier molecular flexibility index (Phi) is 6.29. The molecule has 37 heavy (non-hydrogen) atoms. The summed E-state index contributed by atoms with van der Waals surface area (Å²) < 4.78 is 93.4. The number of hydrogen-bond donors (Lipinski definition) is 0. The number of fused-ring (bicyclic) bond motifs is 1. The minimum atomic E-state index is -4.78. The highest BCUT2D eigenvalue weighted by atomic mass is 32.2. The maximum absolute atomic E-state index is 13.4. The highest BCUT2D eigenvalue weighted by molar-refractivity contribution is 7.91. The summed E-state index contributed by atoms with van der Waals surface area (Å²) in [6.07, 6.45) is -3.38. The number of alkyl halides is 5. The van der Waals surface area contributed by atoms with Gasteiger partial charge in [0.05, 0.1) is 39.8 Å². The van der Waals surface area contributed by atoms with E-state index in [2.05, 4.69) is 9.97 Å². The van der Waals surface area contributed by atoms with Gasteiger partial charge < -0.3 is 4.57 Å². The van der Waals surface area contributed by atoms with Gasteiger partial charge in [-0.25, -0.2) is 22.2 Å². The lowest BCUT2D eigenvalue weighted by Crippen LogP contribution is -2.14. The molecule has 0 N–H and O–H groups in total. The zero-order valence-electron chi connectivity index (χ0n) is 19.6. The highest BCUT2D eigenvalue weighted by Crippen LogP contribution is 2.42. The molecule has 1 fully saturated rings. The molecule has 2 aliphatic heterocycles. The second-order valence-corrected chi connectivity index (χ2v) is 11.3. The molecule has 3 aliphatic rings. The van der Waals surface area contributed by atoms with Crippen molar-refractivity contribution in [1.29, 1.82) is 0 Å². The maximum Gasteiger partial charge on any atom is 0.417 e. The molecule has 1 aromatic heterocycles. The van der Waals surface area contributed by atoms with Gasteiger partial charge in [-0.15, -0.1) is 0 Å². The minimum Gasteiger partial charge on any atom is -0.340 e. The fourth-order valence-electron chi connectivity index (χ4n) is 4.33. The molecule has 0 atom stereocenters. The number of hydrogen-bond acceptors (Lipinski definition) is 4. The molecule has 1 aliphatic carbocycles. The van der Waals surface area contributed by atoms with E-state index in [-0.39, 0.29) is 33.4 Å². The third-order valence-corrected chi connectivity index (χ3v) is 8.16. The van der Waals surface area contributed by atoms with Crippen LogP contribution < -0.4 is 0 Å². The van der Waals surface area contributed by atoms with Gasteiger partial charge >= 0.3 is 6.18 Å². The first-order valence-electron chi connectivity index (χ1n) is 11.7. The largest absolute Gasteiger partial charge is 0.417 e. The van der Waals surface area contributed by atoms with Gasteiger partial charge in [-0.2, -0.15) is 13.2 Å². The Morgan fingerprint density at radius 1 is 1.05 bits per heavy atom. The molecule has 0 amide bonds. The Labute approximate surface area is 210 Å². The van der Waals surface area contributed by atoms with Gasteiger partial charge in [-0.3, -0.25) is 4.98 Å². The lowest BCUT2D eigenvalue weighted by Gasteiger charge is -2.15. The van der Waals surface area contributed by atoms with Gasteiger partial charge in [0.25, 0.3) is 6.43 Å². The van der Waals surface area contributed by atoms with E-state index in [9.17, 15) is 30.4 Å². The van der Waals surface area contributed by atoms with Crippen molar-refractivity contribution in [2.45, 2.75) is 49.7 Å². The molecule has 0 unspecified atom stereocenters. The summed E-state index contributed by atoms with van der Waals surface area (Å²) in [5, 5.41) is 0. The molecule has 1 aromatic carbocycles. The Morgan fingerprint density at radius 3 is 2.46 bits per heavy atom. The van der Waals surface area contributed by atoms with Crippen molar-refractivity contribution in [1.82, 2.24) is 14.5 Å². The van der Waals surface area contributed by atoms with Crippen LogP contribution in [0.5, 0.6) is 0 Å². The van der Waals surface area contributed by atoms with Crippen LogP contribution in [-0.4, -0.2) is 35.1 Å². The van der Waals surface area contributed by atoms with Gasteiger partial charge in [0.1, 0.15) is 5.69 Å². The van der Waals surface area contributed by atoms with E-state index in [1.165, 1.54) is 25.3 Å². The first-order valence-corrected chi connectivity index (χ1v) is 13.3. The number of pyridine rings is 2. The van der Waals surface area contributed by atoms with E-state index < -0.39 is 34.5 Å². The van der Waals surface area contributed by atoms with Crippen molar-refractivity contribution in [2.75, 3.05) is 5.75 Å². The summed E-state index contributed by atoms with van der Waals surface area (Å²) in [5.41, 5.74) is 1.17. The number of halogens is 5. The Morgan fingerprint density at radius 2 is 1.81 bits per heavy atom. The van der Waals surface area contributed by atoms with Crippen molar-refractivity contribution in [3.63, 3.8) is 0 Å². The number of nitrogens with zero attached hydrogens (tertiary/aromatic N) is 3. The number of sulfone groups is 1. The smallest absolute Gasteiger partial charge is 0.340 e. The van der Waals surface area contributed by atoms with Gasteiger partial charge in [0.2, 0.25) is 0 Å². The fourth-order valence-corrected chi connectivity index (χ4v) is 5.40. The molecule has 0 saturated heterocycles. The predicted molar refractivity (Wildman–Crippen MR) is 128 cm³/mol. The van der Waals surface area contributed by atoms with Crippen LogP contribution in [0, 0.1) is 0 Å². The molecular weight excluding hydrogens is 513 g/mol. The molecule has 0 radical (unpaired) electrons. The molecule has 3 heterocycles. The van der Waals surface area contributed by atoms with Crippen molar-refractivity contribution in [3.05, 3.63) is 66.0 Å². The molecule has 0 spiro atoms. The summed E-state index contributed by atoms with van der Waals surface area (Å²) in [6, 6.07) is 11.3. The Balaban J connectivity index is 1.67. The molecule has 2 aromatic rings. The van der Waals surface area contributed by atoms with Gasteiger partial charge in [0, 0.05) is 18.0 Å². The van der Waals surface area contributed by atoms with Crippen LogP contribution in [0.25, 0.3) is 33.9 Å². The third-order valence-electron chi connectivity index (χ3n) is 6.41. The van der Waals surface area contributed by atoms with Crippen LogP contribution in [0.1, 0.15) is 36.8 Å². The average Bonchev–Trinajstić information content (AvgIpc) is 3.61. The maximum atomic E-state index is 13.4. The second kappa shape index (κ2) is 9.20. The van der Waals surface area contributed by atoms with Crippen molar-refractivity contribution >= 4 is 9.84 Å². The first kappa shape index (κ1) is 25.3. The normalized spacial score (nSPS) is 14.6. The molecule has 11 heteroatoms. The van der Waals surface area contributed by atoms with E-state index in [1.54, 1.807) is 0 Å². The van der Waals surface area contributed by atoms with Gasteiger partial charge in [-0.05, 0) is 48.1 Å². The lowest BCUT2D eigenvalue weighted by atomic mass is 10.0. The van der Waals surface area contributed by atoms with Crippen LogP contribution >= 0.6 is 0 Å². The molecule has 5 nitrogen and oxygen atoms in total. The number of aromatic nitrogens is 3. The van der Waals surface area contributed by atoms with E-state index in [4.69, 9.17) is 0 Å². The van der Waals surface area contributed by atoms with E-state index >= 15 is 0 Å². The van der Waals surface area contributed by atoms with Crippen molar-refractivity contribution in [2.24, 2.45) is 0 Å². The third kappa shape index (κ3) is 5.09. The Hall–Kier alpha value is -3.34. The van der Waals surface area contributed by atoms with Crippen LogP contribution in [0.15, 0.2) is 59.8 Å². The van der Waals surface area contributed by atoms with E-state index in [0.29, 0.717) is 17.7 Å². The second-order valence-electron chi connectivity index (χ2n) is 9.06. The monoisotopic (exact) mass is 535 g/mol. The zero-order valence-corrected chi connectivity index (χ0v) is 20.5. The molecule has 0 bridgehead atoms. The molecule has 5 rings (SSSR count). The van der Waals surface area contributed by atoms with Gasteiger partial charge in [0.15, 0.2) is 9.84 Å². The lowest BCUT2D eigenvalue weighted by molar-refractivity contribution is -0.138. The quantitative estimate of drug-likeness (QED) is 0.248. The molecule has 194 valence electrons. The summed E-state index contributed by atoms with van der Waals surface area (Å²) >= 11 is 0. The standard InChI is InChI=1S/C26H22F5N3O2S/c1-2-37(35,36)23-9-18(17-5-3-4-16(8-17)15-6-7-15)12-32-25(23)21-11-22-20(33-21)10-19(26(29,30)31)13-34(22)14-24(27)28/h3-5,8-13,15,24H,2,6-7,14H2,1H3. The SMILES string of the molecule is CCS(=O)(=O)c1cc(-c2cccc(C3CC3)c2)cnc1-c1cc2n(CC(F)F)cc(C(F)(F)F)cc-2n1. The fraction of sp³-hybridized carbons (Fsp3) is 0.308. The summed E-state index contributed by atoms with van der Waals surface area (Å²) in [5.74, 6) is 0.255. The number of benzene rings is 1. The summed E-state index contributed by atoms with van der Waals surface area (Å²) in [4.78, 5) is 8.43. The topological polar surface area (TPSA) is 64.8 Å². The predicted octanol–water partition coefficient (Wildman–Crippen LogP) is 6.67. The average molecular weight is 536 g/mol. The van der Waals surface area contributed by atoms with E-state index in [0.717, 1.165) is 34.6 Å². The van der Waals surface area contributed by atoms with Gasteiger partial charge in [-0.1, -0.05) is 31.2 Å². The van der Waals surface area contributed by atoms with Crippen LogP contribution in [0.2, 0.25) is 0 Å². The Bertz CT molecular complexity index is 1540. The van der Waals surface area contributed by atoms with Crippen LogP contribution in [0.3, 0.4) is 0 Å². The first-order chi connectivity index (χ1) is 17.5. The highest BCUT2D eigenvalue weighted by Gasteiger charge is 2.34. The zero-order chi connectivity index (χ0) is 26.5. The van der Waals surface area contributed by atoms with Crippen LogP contribution in [-0.2, 0) is 22.6 Å². The summed E-state index contributed by atoms with van der Waals surface area (Å²) in [6.45, 7) is 0.496.